The van der Waals surface area contributed by atoms with Gasteiger partial charge in [-0.25, -0.2) is 9.59 Å². The number of carbonyl (C=O) groups is 11. The molecular weight excluding hydrogens is 1370 g/mol. The molecule has 0 aliphatic carbocycles. The second-order valence-corrected chi connectivity index (χ2v) is 29.7. The molecule has 0 saturated carbocycles. The van der Waals surface area contributed by atoms with Crippen molar-refractivity contribution in [3.8, 4) is 0 Å². The van der Waals surface area contributed by atoms with E-state index in [1.54, 1.807) is 138 Å². The lowest BCUT2D eigenvalue weighted by molar-refractivity contribution is -0.147. The third-order valence-corrected chi connectivity index (χ3v) is 18.8. The van der Waals surface area contributed by atoms with E-state index in [1.165, 1.54) is 6.92 Å². The normalized spacial score (nSPS) is 16.7. The third-order valence-electron chi connectivity index (χ3n) is 17.4. The summed E-state index contributed by atoms with van der Waals surface area (Å²) in [4.78, 5) is 143. The fourth-order valence-electron chi connectivity index (χ4n) is 12.2. The Hall–Kier alpha value is -9.31. The number of para-hydroxylation sites is 2. The number of amides is 6. The minimum absolute atomic E-state index is 0.0218. The van der Waals surface area contributed by atoms with E-state index >= 15 is 0 Å². The molecule has 4 aliphatic heterocycles. The van der Waals surface area contributed by atoms with Crippen molar-refractivity contribution in [1.82, 2.24) is 10.6 Å². The highest BCUT2D eigenvalue weighted by Gasteiger charge is 2.42. The number of hydrogen-bond acceptors (Lipinski definition) is 18. The number of fused-ring (bicyclic) bond motifs is 2. The zero-order valence-corrected chi connectivity index (χ0v) is 62.5. The number of rotatable bonds is 25. The molecule has 4 aromatic carbocycles. The molecule has 26 heteroatoms. The average Bonchev–Trinajstić information content (AvgIpc) is 1.12. The molecule has 6 atom stereocenters. The van der Waals surface area contributed by atoms with Crippen LogP contribution < -0.4 is 41.7 Å². The number of nitrogens with one attached hydrogen (secondary N) is 2. The topological polar surface area (TPSA) is 367 Å². The molecule has 10 rings (SSSR count). The van der Waals surface area contributed by atoms with Crippen LogP contribution in [0.5, 0.6) is 0 Å². The summed E-state index contributed by atoms with van der Waals surface area (Å²) in [6.45, 7) is 20.0. The number of ketones is 2. The van der Waals surface area contributed by atoms with Crippen molar-refractivity contribution in [3.63, 3.8) is 0 Å². The van der Waals surface area contributed by atoms with Gasteiger partial charge in [-0.2, -0.15) is 22.7 Å². The summed E-state index contributed by atoms with van der Waals surface area (Å²) in [6, 6.07) is 30.7. The lowest BCUT2D eigenvalue weighted by Gasteiger charge is -2.37. The number of nitrogens with zero attached hydrogens (tertiary/aromatic N) is 4. The first kappa shape index (κ1) is 83.6. The van der Waals surface area contributed by atoms with Crippen LogP contribution >= 0.6 is 22.7 Å². The van der Waals surface area contributed by atoms with Crippen LogP contribution in [0.4, 0.5) is 22.7 Å². The molecule has 6 aromatic rings. The molecule has 24 nitrogen and oxygen atoms in total. The monoisotopic (exact) mass is 1470 g/mol. The first-order valence-corrected chi connectivity index (χ1v) is 36.8. The minimum Gasteiger partial charge on any atom is -0.479 e. The van der Waals surface area contributed by atoms with E-state index in [0.717, 1.165) is 57.8 Å². The van der Waals surface area contributed by atoms with E-state index in [-0.39, 0.29) is 65.8 Å². The first-order chi connectivity index (χ1) is 49.1. The molecule has 6 amide bonds. The van der Waals surface area contributed by atoms with Crippen molar-refractivity contribution < 1.29 is 77.9 Å². The highest BCUT2D eigenvalue weighted by atomic mass is 32.1. The van der Waals surface area contributed by atoms with Crippen molar-refractivity contribution in [2.75, 3.05) is 39.3 Å². The van der Waals surface area contributed by atoms with Gasteiger partial charge in [0.25, 0.3) is 0 Å². The Morgan fingerprint density at radius 3 is 1.19 bits per heavy atom. The van der Waals surface area contributed by atoms with Gasteiger partial charge in [-0.1, -0.05) is 113 Å². The van der Waals surface area contributed by atoms with Crippen molar-refractivity contribution >= 4 is 110 Å². The Balaban J connectivity index is 0.000000238. The molecule has 10 N–H and O–H groups in total. The maximum atomic E-state index is 14.0. The van der Waals surface area contributed by atoms with Gasteiger partial charge in [0.1, 0.15) is 0 Å². The van der Waals surface area contributed by atoms with E-state index in [4.69, 9.17) is 31.9 Å². The van der Waals surface area contributed by atoms with Crippen LogP contribution in [0.15, 0.2) is 131 Å². The molecule has 104 heavy (non-hydrogen) atoms. The number of nitrogens with two attached hydrogens (primary N) is 2. The van der Waals surface area contributed by atoms with Crippen LogP contribution in [0, 0.1) is 23.7 Å². The van der Waals surface area contributed by atoms with Crippen LogP contribution in [0.25, 0.3) is 0 Å². The largest absolute Gasteiger partial charge is 0.479 e. The highest BCUT2D eigenvalue weighted by Crippen LogP contribution is 2.44. The summed E-state index contributed by atoms with van der Waals surface area (Å²) >= 11 is 3.12. The van der Waals surface area contributed by atoms with E-state index in [0.29, 0.717) is 82.4 Å². The summed E-state index contributed by atoms with van der Waals surface area (Å²) in [5, 5.41) is 48.4. The van der Waals surface area contributed by atoms with Gasteiger partial charge < -0.3 is 66.9 Å². The van der Waals surface area contributed by atoms with Crippen molar-refractivity contribution in [2.24, 2.45) is 35.1 Å². The maximum absolute atomic E-state index is 14.0. The standard InChI is InChI=1S/2C29H38N4O4S.2C8H8O3.C4H8O2/c2*1-18(2)13-22(31-28(37)29(3,4)30)24(34)15-21-14-20-7-5-8-23(32-11-6-9-25(32)35)26(20)33(27(21)36)16-19-10-12-38-17-19;2*9-7(8(10)11)6-4-2-1-3-5-6;1-3-6-4(2)5/h2*5,7-8,10,12,17-18,21-22H,6,9,11,13-16,30H2,1-4H3,(H,31,37);2*1-5,7,9H,(H,10,11);3H2,1-2H3/t2*21?,22-;2*7-;/m1100./s1. The van der Waals surface area contributed by atoms with Crippen molar-refractivity contribution in [1.29, 1.82) is 0 Å². The number of aliphatic carboxylic acids is 2. The van der Waals surface area contributed by atoms with Crippen LogP contribution in [-0.2, 0) is 83.4 Å². The zero-order chi connectivity index (χ0) is 76.8. The molecule has 2 unspecified atom stereocenters. The average molecular weight is 1470 g/mol. The van der Waals surface area contributed by atoms with E-state index in [2.05, 4.69) is 15.4 Å². The number of carboxylic acids is 2. The van der Waals surface area contributed by atoms with Crippen LogP contribution in [0.1, 0.15) is 166 Å². The lowest BCUT2D eigenvalue weighted by Crippen LogP contribution is -2.54. The summed E-state index contributed by atoms with van der Waals surface area (Å²) in [5.41, 5.74) is 17.4. The molecule has 2 fully saturated rings. The van der Waals surface area contributed by atoms with Gasteiger partial charge in [0.15, 0.2) is 23.8 Å². The fraction of sp³-hybridized carbons (Fsp3) is 0.449. The SMILES string of the molecule is CC(C)C[C@@H](NC(=O)C(C)(C)N)C(=O)CC1Cc2cccc(N3CCCC3=O)c2N(Cc2ccsc2)C1=O.CC(C)C[C@@H](NC(=O)C(C)(C)N)C(=O)CC1Cc2cccc(N3CCCC3=O)c2N(Cc2ccsc2)C1=O.CCOC(C)=O.O=C(O)[C@@H](O)c1ccccc1.O=C(O)[C@@H](O)c1ccccc1. The molecular formula is C78H100N8O16S2. The Bertz CT molecular complexity index is 3670. The second kappa shape index (κ2) is 39.0. The number of hydrogen-bond donors (Lipinski definition) is 8. The van der Waals surface area contributed by atoms with E-state index in [1.807, 2.05) is 97.7 Å². The molecule has 4 aliphatic rings. The number of anilines is 4. The van der Waals surface area contributed by atoms with Gasteiger partial charge in [-0.15, -0.1) is 0 Å². The molecule has 0 radical (unpaired) electrons. The summed E-state index contributed by atoms with van der Waals surface area (Å²) in [6.07, 6.45) is 1.57. The number of aliphatic hydroxyl groups excluding tert-OH is 2. The van der Waals surface area contributed by atoms with Gasteiger partial charge in [0, 0.05) is 57.5 Å². The Labute approximate surface area is 616 Å². The summed E-state index contributed by atoms with van der Waals surface area (Å²) in [5.74, 6) is -4.70. The molecule has 2 saturated heterocycles. The van der Waals surface area contributed by atoms with E-state index in [9.17, 15) is 52.7 Å². The number of Topliss-reactive ketones (excluding diaryl/α,β-unsaturated/α-hetero) is 2. The van der Waals surface area contributed by atoms with Gasteiger partial charge in [-0.3, -0.25) is 43.2 Å². The van der Waals surface area contributed by atoms with Crippen molar-refractivity contribution in [3.05, 3.63) is 164 Å². The molecule has 2 aromatic heterocycles. The zero-order valence-electron chi connectivity index (χ0n) is 60.9. The number of carbonyl (C=O) groups excluding carboxylic acids is 9. The molecule has 0 spiro atoms. The van der Waals surface area contributed by atoms with Crippen LogP contribution in [0.2, 0.25) is 0 Å². The summed E-state index contributed by atoms with van der Waals surface area (Å²) < 4.78 is 4.40. The maximum Gasteiger partial charge on any atom is 0.337 e. The Morgan fingerprint density at radius 2 is 0.923 bits per heavy atom. The lowest BCUT2D eigenvalue weighted by atomic mass is 9.84. The molecule has 0 bridgehead atoms. The quantitative estimate of drug-likeness (QED) is 0.0247. The fourth-order valence-corrected chi connectivity index (χ4v) is 13.5. The van der Waals surface area contributed by atoms with Crippen molar-refractivity contribution in [2.45, 2.75) is 182 Å². The second-order valence-electron chi connectivity index (χ2n) is 28.1. The Kier molecular flexibility index (Phi) is 31.4. The summed E-state index contributed by atoms with van der Waals surface area (Å²) in [7, 11) is 0. The number of thiophene rings is 2. The number of ether oxygens (including phenoxy) is 1. The minimum atomic E-state index is -1.41. The first-order valence-electron chi connectivity index (χ1n) is 34.9. The highest BCUT2D eigenvalue weighted by molar-refractivity contribution is 7.08. The van der Waals surface area contributed by atoms with Gasteiger partial charge in [0.2, 0.25) is 35.4 Å². The Morgan fingerprint density at radius 1 is 0.558 bits per heavy atom. The third kappa shape index (κ3) is 24.1. The molecule has 560 valence electrons. The number of esters is 1. The van der Waals surface area contributed by atoms with Crippen LogP contribution in [0.3, 0.4) is 0 Å². The smallest absolute Gasteiger partial charge is 0.337 e. The van der Waals surface area contributed by atoms with Gasteiger partial charge in [0.05, 0.1) is 65.6 Å². The van der Waals surface area contributed by atoms with Gasteiger partial charge in [-0.05, 0) is 164 Å². The number of carboxylic acid groups (broad SMARTS) is 2. The van der Waals surface area contributed by atoms with Crippen LogP contribution in [-0.4, -0.2) is 128 Å². The number of aliphatic hydroxyl groups is 2. The predicted molar refractivity (Wildman–Crippen MR) is 400 cm³/mol. The van der Waals surface area contributed by atoms with Gasteiger partial charge >= 0.3 is 17.9 Å². The number of benzene rings is 4. The molecule has 6 heterocycles. The van der Waals surface area contributed by atoms with E-state index < -0.39 is 71.0 Å². The predicted octanol–water partition coefficient (Wildman–Crippen LogP) is 9.79.